The van der Waals surface area contributed by atoms with Crippen LogP contribution in [-0.4, -0.2) is 32.3 Å². The minimum Gasteiger partial charge on any atom is -0.496 e. The average molecular weight is 276 g/mol. The molecule has 20 heavy (non-hydrogen) atoms. The molecule has 1 heterocycles. The fourth-order valence-electron chi connectivity index (χ4n) is 3.32. The lowest BCUT2D eigenvalue weighted by Gasteiger charge is -2.44. The highest BCUT2D eigenvalue weighted by atomic mass is 16.5. The molecule has 1 aliphatic heterocycles. The Morgan fingerprint density at radius 2 is 2.10 bits per heavy atom. The highest BCUT2D eigenvalue weighted by Gasteiger charge is 2.32. The largest absolute Gasteiger partial charge is 0.496 e. The van der Waals surface area contributed by atoms with Crippen molar-refractivity contribution in [1.82, 2.24) is 5.32 Å². The van der Waals surface area contributed by atoms with Crippen LogP contribution in [0.25, 0.3) is 0 Å². The molecule has 1 aliphatic rings. The van der Waals surface area contributed by atoms with Crippen molar-refractivity contribution in [1.29, 1.82) is 0 Å². The number of nitrogens with one attached hydrogen (secondary N) is 1. The topological polar surface area (TPSA) is 24.5 Å². The maximum Gasteiger partial charge on any atom is 0.121 e. The molecule has 1 saturated heterocycles. The number of nitrogens with zero attached hydrogens (tertiary/aromatic N) is 1. The Kier molecular flexibility index (Phi) is 4.92. The van der Waals surface area contributed by atoms with Crippen LogP contribution in [0.15, 0.2) is 18.2 Å². The van der Waals surface area contributed by atoms with Crippen molar-refractivity contribution in [2.45, 2.75) is 46.2 Å². The highest BCUT2D eigenvalue weighted by molar-refractivity contribution is 5.54. The van der Waals surface area contributed by atoms with Gasteiger partial charge in [-0.3, -0.25) is 0 Å². The van der Waals surface area contributed by atoms with Gasteiger partial charge in [0.25, 0.3) is 0 Å². The number of piperidine rings is 1. The Labute approximate surface area is 123 Å². The molecular weight excluding hydrogens is 248 g/mol. The molecule has 1 aromatic carbocycles. The molecule has 0 aromatic heterocycles. The fraction of sp³-hybridized carbons (Fsp3) is 0.647. The van der Waals surface area contributed by atoms with Gasteiger partial charge in [-0.1, -0.05) is 13.8 Å². The first kappa shape index (κ1) is 15.2. The summed E-state index contributed by atoms with van der Waals surface area (Å²) in [4.78, 5) is 2.53. The van der Waals surface area contributed by atoms with Crippen LogP contribution in [0.5, 0.6) is 5.75 Å². The molecule has 0 bridgehead atoms. The summed E-state index contributed by atoms with van der Waals surface area (Å²) in [6.07, 6.45) is 1.21. The predicted molar refractivity (Wildman–Crippen MR) is 85.8 cm³/mol. The number of ether oxygens (including phenoxy) is 1. The Morgan fingerprint density at radius 3 is 2.70 bits per heavy atom. The van der Waals surface area contributed by atoms with Crippen molar-refractivity contribution in [2.24, 2.45) is 5.92 Å². The molecule has 0 amide bonds. The first-order valence-electron chi connectivity index (χ1n) is 7.73. The van der Waals surface area contributed by atoms with Crippen molar-refractivity contribution < 1.29 is 4.74 Å². The quantitative estimate of drug-likeness (QED) is 0.914. The van der Waals surface area contributed by atoms with E-state index in [1.807, 2.05) is 0 Å². The SMILES string of the molecule is CCNC1CCN(c2ccc(OC)c(C)c2)C(C)C1C. The summed E-state index contributed by atoms with van der Waals surface area (Å²) in [5.41, 5.74) is 2.52. The zero-order valence-corrected chi connectivity index (χ0v) is 13.4. The van der Waals surface area contributed by atoms with E-state index in [0.717, 1.165) is 18.8 Å². The van der Waals surface area contributed by atoms with Crippen LogP contribution in [0.1, 0.15) is 32.8 Å². The van der Waals surface area contributed by atoms with Gasteiger partial charge >= 0.3 is 0 Å². The van der Waals surface area contributed by atoms with Crippen LogP contribution in [0.3, 0.4) is 0 Å². The number of methoxy groups -OCH3 is 1. The van der Waals surface area contributed by atoms with Crippen LogP contribution in [0.2, 0.25) is 0 Å². The van der Waals surface area contributed by atoms with Crippen LogP contribution < -0.4 is 15.0 Å². The minimum atomic E-state index is 0.556. The molecule has 0 saturated carbocycles. The summed E-state index contributed by atoms with van der Waals surface area (Å²) in [6, 6.07) is 7.71. The zero-order chi connectivity index (χ0) is 14.7. The molecule has 2 rings (SSSR count). The molecule has 0 aliphatic carbocycles. The summed E-state index contributed by atoms with van der Waals surface area (Å²) < 4.78 is 5.36. The molecule has 3 heteroatoms. The van der Waals surface area contributed by atoms with E-state index in [1.165, 1.54) is 17.7 Å². The molecule has 1 N–H and O–H groups in total. The highest BCUT2D eigenvalue weighted by Crippen LogP contribution is 2.31. The lowest BCUT2D eigenvalue weighted by molar-refractivity contribution is 0.274. The van der Waals surface area contributed by atoms with Gasteiger partial charge in [-0.25, -0.2) is 0 Å². The van der Waals surface area contributed by atoms with E-state index >= 15 is 0 Å². The van der Waals surface area contributed by atoms with Crippen molar-refractivity contribution in [2.75, 3.05) is 25.1 Å². The Balaban J connectivity index is 2.15. The number of anilines is 1. The van der Waals surface area contributed by atoms with Gasteiger partial charge in [0.1, 0.15) is 5.75 Å². The first-order valence-corrected chi connectivity index (χ1v) is 7.73. The summed E-state index contributed by atoms with van der Waals surface area (Å²) in [6.45, 7) is 11.2. The van der Waals surface area contributed by atoms with Crippen molar-refractivity contribution in [3.8, 4) is 5.75 Å². The predicted octanol–water partition coefficient (Wildman–Crippen LogP) is 3.22. The van der Waals surface area contributed by atoms with E-state index in [9.17, 15) is 0 Å². The molecule has 3 atom stereocenters. The summed E-state index contributed by atoms with van der Waals surface area (Å²) in [7, 11) is 1.73. The normalized spacial score (nSPS) is 26.6. The second kappa shape index (κ2) is 6.49. The van der Waals surface area contributed by atoms with Crippen molar-refractivity contribution in [3.05, 3.63) is 23.8 Å². The maximum absolute atomic E-state index is 5.36. The van der Waals surface area contributed by atoms with Gasteiger partial charge in [-0.15, -0.1) is 0 Å². The third kappa shape index (κ3) is 2.93. The smallest absolute Gasteiger partial charge is 0.121 e. The number of rotatable bonds is 4. The van der Waals surface area contributed by atoms with E-state index in [-0.39, 0.29) is 0 Å². The van der Waals surface area contributed by atoms with Crippen LogP contribution in [0.4, 0.5) is 5.69 Å². The second-order valence-electron chi connectivity index (χ2n) is 5.90. The lowest BCUT2D eigenvalue weighted by Crippen LogP contribution is -2.53. The molecule has 112 valence electrons. The van der Waals surface area contributed by atoms with Crippen LogP contribution in [0, 0.1) is 12.8 Å². The molecule has 0 spiro atoms. The van der Waals surface area contributed by atoms with Gasteiger partial charge in [0, 0.05) is 24.3 Å². The molecule has 3 nitrogen and oxygen atoms in total. The molecule has 0 radical (unpaired) electrons. The monoisotopic (exact) mass is 276 g/mol. The number of benzene rings is 1. The molecule has 1 fully saturated rings. The molecule has 3 unspecified atom stereocenters. The second-order valence-corrected chi connectivity index (χ2v) is 5.90. The maximum atomic E-state index is 5.36. The van der Waals surface area contributed by atoms with E-state index in [1.54, 1.807) is 7.11 Å². The number of hydrogen-bond acceptors (Lipinski definition) is 3. The van der Waals surface area contributed by atoms with E-state index in [4.69, 9.17) is 4.74 Å². The van der Waals surface area contributed by atoms with Gasteiger partial charge in [-0.05, 0) is 56.5 Å². The standard InChI is InChI=1S/C17H28N2O/c1-6-18-16-9-10-19(14(4)13(16)3)15-7-8-17(20-5)12(2)11-15/h7-8,11,13-14,16,18H,6,9-10H2,1-5H3. The van der Waals surface area contributed by atoms with E-state index in [2.05, 4.69) is 56.1 Å². The van der Waals surface area contributed by atoms with Gasteiger partial charge in [-0.2, -0.15) is 0 Å². The summed E-state index contributed by atoms with van der Waals surface area (Å²) in [5, 5.41) is 3.62. The van der Waals surface area contributed by atoms with E-state index < -0.39 is 0 Å². The Bertz CT molecular complexity index is 447. The molecule has 1 aromatic rings. The van der Waals surface area contributed by atoms with Crippen LogP contribution in [-0.2, 0) is 0 Å². The third-order valence-corrected chi connectivity index (χ3v) is 4.74. The molecular formula is C17H28N2O. The van der Waals surface area contributed by atoms with Gasteiger partial charge in [0.15, 0.2) is 0 Å². The average Bonchev–Trinajstić information content (AvgIpc) is 2.44. The Morgan fingerprint density at radius 1 is 1.35 bits per heavy atom. The summed E-state index contributed by atoms with van der Waals surface area (Å²) in [5.74, 6) is 1.63. The zero-order valence-electron chi connectivity index (χ0n) is 13.4. The third-order valence-electron chi connectivity index (χ3n) is 4.74. The van der Waals surface area contributed by atoms with Crippen LogP contribution >= 0.6 is 0 Å². The minimum absolute atomic E-state index is 0.556. The summed E-state index contributed by atoms with van der Waals surface area (Å²) >= 11 is 0. The van der Waals surface area contributed by atoms with Gasteiger partial charge in [0.05, 0.1) is 7.11 Å². The Hall–Kier alpha value is -1.22. The first-order chi connectivity index (χ1) is 9.58. The van der Waals surface area contributed by atoms with Crippen molar-refractivity contribution >= 4 is 5.69 Å². The number of aryl methyl sites for hydroxylation is 1. The van der Waals surface area contributed by atoms with Gasteiger partial charge in [0.2, 0.25) is 0 Å². The van der Waals surface area contributed by atoms with Crippen molar-refractivity contribution in [3.63, 3.8) is 0 Å². The lowest BCUT2D eigenvalue weighted by atomic mass is 9.86. The van der Waals surface area contributed by atoms with Gasteiger partial charge < -0.3 is 15.0 Å². The van der Waals surface area contributed by atoms with E-state index in [0.29, 0.717) is 18.0 Å². The fourth-order valence-corrected chi connectivity index (χ4v) is 3.32. The number of hydrogen-bond donors (Lipinski definition) is 1.